The molecule has 0 spiro atoms. The minimum absolute atomic E-state index is 0.695. The van der Waals surface area contributed by atoms with Crippen molar-refractivity contribution in [2.45, 2.75) is 33.9 Å². The summed E-state index contributed by atoms with van der Waals surface area (Å²) >= 11 is 0. The number of aryl methyl sites for hydroxylation is 2. The van der Waals surface area contributed by atoms with E-state index in [0.29, 0.717) is 6.54 Å². The van der Waals surface area contributed by atoms with Gasteiger partial charge in [-0.2, -0.15) is 5.10 Å². The minimum Gasteiger partial charge on any atom is -0.462 e. The van der Waals surface area contributed by atoms with Crippen LogP contribution in [0.5, 0.6) is 0 Å². The van der Waals surface area contributed by atoms with Gasteiger partial charge in [0.15, 0.2) is 0 Å². The van der Waals surface area contributed by atoms with Gasteiger partial charge < -0.3 is 9.73 Å². The Bertz CT molecular complexity index is 485. The van der Waals surface area contributed by atoms with E-state index in [9.17, 15) is 0 Å². The predicted octanol–water partition coefficient (Wildman–Crippen LogP) is 2.25. The van der Waals surface area contributed by atoms with Crippen molar-refractivity contribution >= 4 is 0 Å². The third-order valence-corrected chi connectivity index (χ3v) is 2.70. The molecule has 0 aromatic carbocycles. The molecule has 0 aliphatic carbocycles. The van der Waals surface area contributed by atoms with Gasteiger partial charge in [-0.25, -0.2) is 0 Å². The number of nitrogens with zero attached hydrogens (tertiary/aromatic N) is 2. The molecule has 0 atom stereocenters. The quantitative estimate of drug-likeness (QED) is 0.861. The Hall–Kier alpha value is -1.55. The topological polar surface area (TPSA) is 43.0 Å². The highest BCUT2D eigenvalue weighted by molar-refractivity contribution is 5.20. The molecule has 0 aliphatic rings. The molecule has 0 aliphatic heterocycles. The summed E-state index contributed by atoms with van der Waals surface area (Å²) in [7, 11) is 0. The van der Waals surface area contributed by atoms with Crippen LogP contribution >= 0.6 is 0 Å². The van der Waals surface area contributed by atoms with Crippen molar-refractivity contribution in [1.82, 2.24) is 15.1 Å². The summed E-state index contributed by atoms with van der Waals surface area (Å²) in [6, 6.07) is 4.08. The summed E-state index contributed by atoms with van der Waals surface area (Å²) in [5, 5.41) is 7.62. The fourth-order valence-electron chi connectivity index (χ4n) is 1.79. The molecule has 2 aromatic rings. The van der Waals surface area contributed by atoms with Gasteiger partial charge in [-0.05, 0) is 38.1 Å². The molecule has 0 saturated heterocycles. The van der Waals surface area contributed by atoms with E-state index in [4.69, 9.17) is 4.42 Å². The average molecular weight is 233 g/mol. The van der Waals surface area contributed by atoms with Gasteiger partial charge in [-0.1, -0.05) is 6.92 Å². The van der Waals surface area contributed by atoms with Crippen LogP contribution in [0.3, 0.4) is 0 Å². The largest absolute Gasteiger partial charge is 0.462 e. The lowest BCUT2D eigenvalue weighted by atomic mass is 10.2. The highest BCUT2D eigenvalue weighted by atomic mass is 16.3. The molecule has 92 valence electrons. The molecule has 17 heavy (non-hydrogen) atoms. The van der Waals surface area contributed by atoms with Crippen LogP contribution in [-0.4, -0.2) is 16.3 Å². The molecule has 0 bridgehead atoms. The van der Waals surface area contributed by atoms with Gasteiger partial charge in [0.05, 0.1) is 18.8 Å². The Kier molecular flexibility index (Phi) is 3.64. The molecule has 0 fully saturated rings. The van der Waals surface area contributed by atoms with E-state index < -0.39 is 0 Å². The fraction of sp³-hybridized carbons (Fsp3) is 0.462. The first-order chi connectivity index (χ1) is 8.19. The van der Waals surface area contributed by atoms with Crippen LogP contribution in [0.15, 0.2) is 22.7 Å². The van der Waals surface area contributed by atoms with Gasteiger partial charge in [-0.3, -0.25) is 4.68 Å². The van der Waals surface area contributed by atoms with Crippen LogP contribution in [-0.2, 0) is 13.1 Å². The fourth-order valence-corrected chi connectivity index (χ4v) is 1.79. The molecule has 4 heteroatoms. The zero-order valence-corrected chi connectivity index (χ0v) is 10.7. The molecule has 0 saturated carbocycles. The van der Waals surface area contributed by atoms with Crippen LogP contribution in [0.25, 0.3) is 0 Å². The zero-order valence-electron chi connectivity index (χ0n) is 10.7. The molecule has 1 N–H and O–H groups in total. The Labute approximate surface area is 102 Å². The summed E-state index contributed by atoms with van der Waals surface area (Å²) in [6.45, 7) is 8.59. The molecule has 0 unspecified atom stereocenters. The average Bonchev–Trinajstić information content (AvgIpc) is 2.83. The molecular formula is C13H19N3O. The molecule has 4 nitrogen and oxygen atoms in total. The van der Waals surface area contributed by atoms with Crippen molar-refractivity contribution < 1.29 is 4.42 Å². The van der Waals surface area contributed by atoms with Crippen LogP contribution in [0.4, 0.5) is 0 Å². The van der Waals surface area contributed by atoms with Gasteiger partial charge in [0.1, 0.15) is 11.5 Å². The second-order valence-corrected chi connectivity index (χ2v) is 4.25. The lowest BCUT2D eigenvalue weighted by Crippen LogP contribution is -2.11. The monoisotopic (exact) mass is 233 g/mol. The van der Waals surface area contributed by atoms with Crippen LogP contribution in [0.1, 0.15) is 29.7 Å². The van der Waals surface area contributed by atoms with E-state index in [2.05, 4.69) is 30.3 Å². The van der Waals surface area contributed by atoms with Gasteiger partial charge >= 0.3 is 0 Å². The number of nitrogens with one attached hydrogen (secondary N) is 1. The maximum Gasteiger partial charge on any atom is 0.126 e. The first kappa shape index (κ1) is 11.9. The molecule has 2 aromatic heterocycles. The van der Waals surface area contributed by atoms with Crippen molar-refractivity contribution in [1.29, 1.82) is 0 Å². The summed E-state index contributed by atoms with van der Waals surface area (Å²) in [5.74, 6) is 1.98. The molecule has 2 heterocycles. The third kappa shape index (κ3) is 2.97. The van der Waals surface area contributed by atoms with E-state index in [1.807, 2.05) is 23.9 Å². The van der Waals surface area contributed by atoms with Gasteiger partial charge in [0, 0.05) is 6.20 Å². The number of aromatic nitrogens is 2. The predicted molar refractivity (Wildman–Crippen MR) is 66.9 cm³/mol. The highest BCUT2D eigenvalue weighted by Crippen LogP contribution is 2.15. The van der Waals surface area contributed by atoms with E-state index in [-0.39, 0.29) is 0 Å². The number of hydrogen-bond acceptors (Lipinski definition) is 3. The Morgan fingerprint density at radius 1 is 1.41 bits per heavy atom. The maximum absolute atomic E-state index is 5.81. The molecule has 2 rings (SSSR count). The van der Waals surface area contributed by atoms with Crippen molar-refractivity contribution in [2.24, 2.45) is 0 Å². The highest BCUT2D eigenvalue weighted by Gasteiger charge is 2.07. The number of furan rings is 1. The zero-order chi connectivity index (χ0) is 12.3. The minimum atomic E-state index is 0.695. The molecular weight excluding hydrogens is 214 g/mol. The van der Waals surface area contributed by atoms with E-state index in [1.165, 1.54) is 5.56 Å². The third-order valence-electron chi connectivity index (χ3n) is 2.70. The van der Waals surface area contributed by atoms with E-state index in [0.717, 1.165) is 30.3 Å². The Balaban J connectivity index is 2.06. The first-order valence-electron chi connectivity index (χ1n) is 5.98. The summed E-state index contributed by atoms with van der Waals surface area (Å²) in [5.41, 5.74) is 2.23. The van der Waals surface area contributed by atoms with Crippen LogP contribution in [0.2, 0.25) is 0 Å². The molecule has 0 amide bonds. The standard InChI is InChI=1S/C13H19N3O/c1-4-14-8-13-10(2)7-12(17-13)9-16-6-5-11(3)15-16/h5-7,14H,4,8-9H2,1-3H3. The van der Waals surface area contributed by atoms with Gasteiger partial charge in [-0.15, -0.1) is 0 Å². The van der Waals surface area contributed by atoms with Crippen molar-refractivity contribution in [3.05, 3.63) is 41.1 Å². The van der Waals surface area contributed by atoms with Crippen LogP contribution < -0.4 is 5.32 Å². The van der Waals surface area contributed by atoms with Crippen molar-refractivity contribution in [3.63, 3.8) is 0 Å². The SMILES string of the molecule is CCNCc1oc(Cn2ccc(C)n2)cc1C. The van der Waals surface area contributed by atoms with Crippen molar-refractivity contribution in [2.75, 3.05) is 6.54 Å². The summed E-state index contributed by atoms with van der Waals surface area (Å²) < 4.78 is 7.70. The van der Waals surface area contributed by atoms with E-state index >= 15 is 0 Å². The summed E-state index contributed by atoms with van der Waals surface area (Å²) in [4.78, 5) is 0. The Morgan fingerprint density at radius 2 is 2.24 bits per heavy atom. The van der Waals surface area contributed by atoms with Gasteiger partial charge in [0.2, 0.25) is 0 Å². The summed E-state index contributed by atoms with van der Waals surface area (Å²) in [6.07, 6.45) is 1.97. The maximum atomic E-state index is 5.81. The Morgan fingerprint density at radius 3 is 2.88 bits per heavy atom. The van der Waals surface area contributed by atoms with E-state index in [1.54, 1.807) is 0 Å². The van der Waals surface area contributed by atoms with Gasteiger partial charge in [0.25, 0.3) is 0 Å². The number of rotatable bonds is 5. The van der Waals surface area contributed by atoms with Crippen molar-refractivity contribution in [3.8, 4) is 0 Å². The lowest BCUT2D eigenvalue weighted by molar-refractivity contribution is 0.430. The smallest absolute Gasteiger partial charge is 0.126 e. The normalized spacial score (nSPS) is 11.0. The second kappa shape index (κ2) is 5.19. The van der Waals surface area contributed by atoms with Crippen LogP contribution in [0, 0.1) is 13.8 Å². The first-order valence-corrected chi connectivity index (χ1v) is 5.98. The second-order valence-electron chi connectivity index (χ2n) is 4.25. The lowest BCUT2D eigenvalue weighted by Gasteiger charge is -1.99. The number of hydrogen-bond donors (Lipinski definition) is 1. The molecule has 0 radical (unpaired) electrons.